The Bertz CT molecular complexity index is 521. The van der Waals surface area contributed by atoms with Gasteiger partial charge in [0.25, 0.3) is 0 Å². The molecule has 5 nitrogen and oxygen atoms in total. The van der Waals surface area contributed by atoms with Crippen LogP contribution in [0.15, 0.2) is 24.3 Å². The molecular weight excluding hydrogens is 276 g/mol. The number of amides is 1. The molecule has 0 saturated heterocycles. The van der Waals surface area contributed by atoms with Crippen LogP contribution in [0.5, 0.6) is 0 Å². The summed E-state index contributed by atoms with van der Waals surface area (Å²) in [6.45, 7) is 2.02. The predicted octanol–water partition coefficient (Wildman–Crippen LogP) is 1.11. The summed E-state index contributed by atoms with van der Waals surface area (Å²) < 4.78 is 0. The number of rotatable bonds is 5. The molecule has 1 heterocycles. The molecule has 2 atom stereocenters. The Labute approximate surface area is 122 Å². The number of thioether (sulfide) groups is 1. The number of fused-ring (bicyclic) bond motifs is 1. The highest BCUT2D eigenvalue weighted by Crippen LogP contribution is 2.32. The topological polar surface area (TPSA) is 83.6 Å². The first kappa shape index (κ1) is 14.9. The fraction of sp³-hybridized carbons (Fsp3) is 0.429. The fourth-order valence-corrected chi connectivity index (χ4v) is 3.19. The van der Waals surface area contributed by atoms with E-state index >= 15 is 0 Å². The van der Waals surface area contributed by atoms with E-state index in [9.17, 15) is 9.59 Å². The summed E-state index contributed by atoms with van der Waals surface area (Å²) in [7, 11) is 0. The number of carbonyl (C=O) groups is 2. The monoisotopic (exact) mass is 294 g/mol. The zero-order chi connectivity index (χ0) is 14.7. The maximum atomic E-state index is 12.3. The average Bonchev–Trinajstić information content (AvgIpc) is 2.74. The molecule has 1 aromatic rings. The van der Waals surface area contributed by atoms with E-state index in [0.717, 1.165) is 12.1 Å². The molecule has 2 rings (SSSR count). The van der Waals surface area contributed by atoms with Gasteiger partial charge >= 0.3 is 5.97 Å². The zero-order valence-electron chi connectivity index (χ0n) is 11.3. The molecule has 0 radical (unpaired) electrons. The maximum Gasteiger partial charge on any atom is 0.321 e. The molecule has 0 fully saturated rings. The second-order valence-corrected chi connectivity index (χ2v) is 5.94. The van der Waals surface area contributed by atoms with Crippen LogP contribution >= 0.6 is 11.8 Å². The van der Waals surface area contributed by atoms with Crippen molar-refractivity contribution in [2.24, 2.45) is 5.73 Å². The summed E-state index contributed by atoms with van der Waals surface area (Å²) in [4.78, 5) is 24.7. The molecule has 0 saturated carbocycles. The van der Waals surface area contributed by atoms with Gasteiger partial charge in [0.15, 0.2) is 0 Å². The molecule has 20 heavy (non-hydrogen) atoms. The third-order valence-electron chi connectivity index (χ3n) is 3.32. The lowest BCUT2D eigenvalue weighted by atomic mass is 10.1. The van der Waals surface area contributed by atoms with Gasteiger partial charge < -0.3 is 15.7 Å². The van der Waals surface area contributed by atoms with Gasteiger partial charge in [0.2, 0.25) is 5.91 Å². The van der Waals surface area contributed by atoms with E-state index in [1.54, 1.807) is 4.90 Å². The van der Waals surface area contributed by atoms with Crippen molar-refractivity contribution in [1.82, 2.24) is 0 Å². The molecule has 0 bridgehead atoms. The molecule has 1 aliphatic heterocycles. The molecule has 1 aromatic carbocycles. The van der Waals surface area contributed by atoms with Crippen molar-refractivity contribution in [3.63, 3.8) is 0 Å². The quantitative estimate of drug-likeness (QED) is 0.850. The van der Waals surface area contributed by atoms with Gasteiger partial charge in [-0.2, -0.15) is 0 Å². The van der Waals surface area contributed by atoms with Crippen molar-refractivity contribution >= 4 is 29.3 Å². The van der Waals surface area contributed by atoms with Crippen molar-refractivity contribution < 1.29 is 14.7 Å². The zero-order valence-corrected chi connectivity index (χ0v) is 12.1. The van der Waals surface area contributed by atoms with Crippen molar-refractivity contribution in [3.8, 4) is 0 Å². The summed E-state index contributed by atoms with van der Waals surface area (Å²) in [6.07, 6.45) is 0.862. The first-order chi connectivity index (χ1) is 9.50. The van der Waals surface area contributed by atoms with E-state index in [1.807, 2.05) is 31.2 Å². The molecular formula is C14H18N2O3S. The van der Waals surface area contributed by atoms with Gasteiger partial charge in [-0.15, -0.1) is 11.8 Å². The third-order valence-corrected chi connectivity index (χ3v) is 4.36. The lowest BCUT2D eigenvalue weighted by Gasteiger charge is -2.22. The van der Waals surface area contributed by atoms with E-state index in [2.05, 4.69) is 0 Å². The van der Waals surface area contributed by atoms with Crippen LogP contribution in [0, 0.1) is 0 Å². The lowest BCUT2D eigenvalue weighted by Crippen LogP contribution is -2.38. The van der Waals surface area contributed by atoms with Gasteiger partial charge in [0, 0.05) is 17.5 Å². The second kappa shape index (κ2) is 6.28. The van der Waals surface area contributed by atoms with Gasteiger partial charge in [-0.3, -0.25) is 9.59 Å². The van der Waals surface area contributed by atoms with Crippen LogP contribution in [-0.2, 0) is 16.0 Å². The van der Waals surface area contributed by atoms with E-state index in [-0.39, 0.29) is 23.5 Å². The number of aliphatic carboxylic acids is 1. The van der Waals surface area contributed by atoms with Gasteiger partial charge in [0.05, 0.1) is 5.75 Å². The number of carboxylic acids is 1. The summed E-state index contributed by atoms with van der Waals surface area (Å²) in [5.74, 6) is -0.542. The Kier molecular flexibility index (Phi) is 4.67. The minimum absolute atomic E-state index is 0.00467. The Morgan fingerprint density at radius 3 is 2.90 bits per heavy atom. The fourth-order valence-electron chi connectivity index (χ4n) is 2.36. The lowest BCUT2D eigenvalue weighted by molar-refractivity contribution is -0.137. The average molecular weight is 294 g/mol. The number of hydrogen-bond donors (Lipinski definition) is 2. The Morgan fingerprint density at radius 2 is 2.20 bits per heavy atom. The van der Waals surface area contributed by atoms with Gasteiger partial charge in [-0.1, -0.05) is 18.2 Å². The minimum Gasteiger partial charge on any atom is -0.480 e. The number of carbonyl (C=O) groups excluding carboxylic acids is 1. The number of para-hydroxylation sites is 1. The Morgan fingerprint density at radius 1 is 1.50 bits per heavy atom. The van der Waals surface area contributed by atoms with E-state index in [1.165, 1.54) is 17.3 Å². The summed E-state index contributed by atoms with van der Waals surface area (Å²) in [5, 5.41) is 8.70. The largest absolute Gasteiger partial charge is 0.480 e. The van der Waals surface area contributed by atoms with Crippen LogP contribution < -0.4 is 10.6 Å². The molecule has 0 aliphatic carbocycles. The van der Waals surface area contributed by atoms with Crippen LogP contribution in [0.25, 0.3) is 0 Å². The SMILES string of the molecule is CC1Cc2ccccc2N1C(=O)CSC[C@@H](N)C(=O)O. The van der Waals surface area contributed by atoms with E-state index in [0.29, 0.717) is 0 Å². The number of anilines is 1. The van der Waals surface area contributed by atoms with Crippen LogP contribution in [-0.4, -0.2) is 40.6 Å². The highest BCUT2D eigenvalue weighted by atomic mass is 32.2. The molecule has 3 N–H and O–H groups in total. The van der Waals surface area contributed by atoms with E-state index in [4.69, 9.17) is 10.8 Å². The second-order valence-electron chi connectivity index (χ2n) is 4.91. The first-order valence-corrected chi connectivity index (χ1v) is 7.62. The van der Waals surface area contributed by atoms with Crippen molar-refractivity contribution in [2.75, 3.05) is 16.4 Å². The van der Waals surface area contributed by atoms with E-state index < -0.39 is 12.0 Å². The molecule has 0 spiro atoms. The normalized spacial score (nSPS) is 18.7. The number of nitrogens with two attached hydrogens (primary N) is 1. The Hall–Kier alpha value is -1.53. The van der Waals surface area contributed by atoms with Crippen LogP contribution in [0.1, 0.15) is 12.5 Å². The highest BCUT2D eigenvalue weighted by molar-refractivity contribution is 8.00. The predicted molar refractivity (Wildman–Crippen MR) is 80.0 cm³/mol. The van der Waals surface area contributed by atoms with Gasteiger partial charge in [-0.25, -0.2) is 0 Å². The number of hydrogen-bond acceptors (Lipinski definition) is 4. The number of benzene rings is 1. The molecule has 1 aliphatic rings. The third kappa shape index (κ3) is 3.13. The van der Waals surface area contributed by atoms with Gasteiger partial charge in [-0.05, 0) is 25.0 Å². The van der Waals surface area contributed by atoms with Crippen LogP contribution in [0.2, 0.25) is 0 Å². The Balaban J connectivity index is 1.95. The van der Waals surface area contributed by atoms with Crippen molar-refractivity contribution in [2.45, 2.75) is 25.4 Å². The van der Waals surface area contributed by atoms with Crippen LogP contribution in [0.4, 0.5) is 5.69 Å². The first-order valence-electron chi connectivity index (χ1n) is 6.46. The van der Waals surface area contributed by atoms with Crippen molar-refractivity contribution in [3.05, 3.63) is 29.8 Å². The maximum absolute atomic E-state index is 12.3. The van der Waals surface area contributed by atoms with Crippen molar-refractivity contribution in [1.29, 1.82) is 0 Å². The standard InChI is InChI=1S/C14H18N2O3S/c1-9-6-10-4-2-3-5-12(10)16(9)13(17)8-20-7-11(15)14(18)19/h2-5,9,11H,6-8,15H2,1H3,(H,18,19)/t9?,11-/m1/s1. The van der Waals surface area contributed by atoms with Gasteiger partial charge in [0.1, 0.15) is 6.04 Å². The molecule has 108 valence electrons. The summed E-state index contributed by atoms with van der Waals surface area (Å²) in [5.41, 5.74) is 7.56. The minimum atomic E-state index is -1.04. The number of carboxylic acid groups (broad SMARTS) is 1. The molecule has 6 heteroatoms. The molecule has 1 amide bonds. The summed E-state index contributed by atoms with van der Waals surface area (Å²) in [6, 6.07) is 7.10. The summed E-state index contributed by atoms with van der Waals surface area (Å²) >= 11 is 1.26. The van der Waals surface area contributed by atoms with Crippen LogP contribution in [0.3, 0.4) is 0 Å². The highest BCUT2D eigenvalue weighted by Gasteiger charge is 2.30. The molecule has 1 unspecified atom stereocenters. The molecule has 0 aromatic heterocycles. The number of nitrogens with zero attached hydrogens (tertiary/aromatic N) is 1. The smallest absolute Gasteiger partial charge is 0.321 e.